The van der Waals surface area contributed by atoms with Crippen LogP contribution in [0.15, 0.2) is 18.2 Å². The van der Waals surface area contributed by atoms with Crippen LogP contribution in [-0.2, 0) is 0 Å². The van der Waals surface area contributed by atoms with E-state index in [0.717, 1.165) is 17.7 Å². The Morgan fingerprint density at radius 3 is 2.68 bits per heavy atom. The van der Waals surface area contributed by atoms with Crippen LogP contribution in [0.2, 0.25) is 0 Å². The molecule has 0 saturated heterocycles. The maximum atomic E-state index is 12.2. The number of rotatable bonds is 4. The minimum absolute atomic E-state index is 0.0119. The number of benzene rings is 1. The van der Waals surface area contributed by atoms with E-state index < -0.39 is 0 Å². The smallest absolute Gasteiger partial charge is 0.251 e. The third-order valence-electron chi connectivity index (χ3n) is 4.01. The Balaban J connectivity index is 2.01. The van der Waals surface area contributed by atoms with Crippen molar-refractivity contribution in [2.75, 3.05) is 18.5 Å². The first-order chi connectivity index (χ1) is 9.06. The number of nitrogens with two attached hydrogens (primary N) is 1. The average molecular weight is 278 g/mol. The minimum Gasteiger partial charge on any atom is -0.399 e. The number of carbonyl (C=O) groups excluding carboxylic acids is 1. The van der Waals surface area contributed by atoms with Crippen LogP contribution >= 0.6 is 11.8 Å². The van der Waals surface area contributed by atoms with E-state index in [0.29, 0.717) is 5.69 Å². The highest BCUT2D eigenvalue weighted by Crippen LogP contribution is 2.39. The molecule has 0 radical (unpaired) electrons. The highest BCUT2D eigenvalue weighted by atomic mass is 32.2. The van der Waals surface area contributed by atoms with E-state index in [1.807, 2.05) is 24.8 Å². The SMILES string of the molecule is CSC1(CNC(=O)c2ccc(N)cc2C)CCCC1. The average Bonchev–Trinajstić information content (AvgIpc) is 2.85. The first kappa shape index (κ1) is 14.3. The predicted molar refractivity (Wildman–Crippen MR) is 82.6 cm³/mol. The zero-order valence-corrected chi connectivity index (χ0v) is 12.5. The summed E-state index contributed by atoms with van der Waals surface area (Å²) in [6.07, 6.45) is 7.10. The first-order valence-corrected chi connectivity index (χ1v) is 7.98. The van der Waals surface area contributed by atoms with Gasteiger partial charge in [-0.1, -0.05) is 12.8 Å². The lowest BCUT2D eigenvalue weighted by Gasteiger charge is -2.27. The molecule has 0 bridgehead atoms. The zero-order valence-electron chi connectivity index (χ0n) is 11.7. The molecule has 0 aliphatic heterocycles. The van der Waals surface area contributed by atoms with Crippen molar-refractivity contribution in [1.82, 2.24) is 5.32 Å². The van der Waals surface area contributed by atoms with E-state index in [4.69, 9.17) is 5.73 Å². The molecule has 0 atom stereocenters. The maximum Gasteiger partial charge on any atom is 0.251 e. The van der Waals surface area contributed by atoms with Gasteiger partial charge in [-0.2, -0.15) is 11.8 Å². The van der Waals surface area contributed by atoms with Gasteiger partial charge in [-0.25, -0.2) is 0 Å². The molecular weight excluding hydrogens is 256 g/mol. The van der Waals surface area contributed by atoms with Gasteiger partial charge in [-0.05, 0) is 49.8 Å². The van der Waals surface area contributed by atoms with Gasteiger partial charge in [0.2, 0.25) is 0 Å². The molecule has 3 N–H and O–H groups in total. The Hall–Kier alpha value is -1.16. The van der Waals surface area contributed by atoms with Crippen LogP contribution in [0.4, 0.5) is 5.69 Å². The highest BCUT2D eigenvalue weighted by molar-refractivity contribution is 8.00. The number of carbonyl (C=O) groups is 1. The van der Waals surface area contributed by atoms with Crippen molar-refractivity contribution in [2.24, 2.45) is 0 Å². The van der Waals surface area contributed by atoms with Gasteiger partial charge in [0.05, 0.1) is 0 Å². The predicted octanol–water partition coefficient (Wildman–Crippen LogP) is 2.98. The lowest BCUT2D eigenvalue weighted by Crippen LogP contribution is -2.38. The van der Waals surface area contributed by atoms with Gasteiger partial charge in [-0.15, -0.1) is 0 Å². The van der Waals surface area contributed by atoms with E-state index >= 15 is 0 Å². The van der Waals surface area contributed by atoms with Crippen LogP contribution in [0, 0.1) is 6.92 Å². The van der Waals surface area contributed by atoms with Crippen molar-refractivity contribution < 1.29 is 4.79 Å². The molecule has 0 aromatic heterocycles. The van der Waals surface area contributed by atoms with E-state index in [1.54, 1.807) is 12.1 Å². The lowest BCUT2D eigenvalue weighted by atomic mass is 10.1. The second-order valence-corrected chi connectivity index (χ2v) is 6.63. The van der Waals surface area contributed by atoms with Gasteiger partial charge in [0.1, 0.15) is 0 Å². The molecule has 1 fully saturated rings. The number of nitrogens with one attached hydrogen (secondary N) is 1. The Kier molecular flexibility index (Phi) is 4.40. The molecule has 1 saturated carbocycles. The third kappa shape index (κ3) is 3.24. The lowest BCUT2D eigenvalue weighted by molar-refractivity contribution is 0.0949. The van der Waals surface area contributed by atoms with Gasteiger partial charge in [0.25, 0.3) is 5.91 Å². The summed E-state index contributed by atoms with van der Waals surface area (Å²) in [5, 5.41) is 3.09. The summed E-state index contributed by atoms with van der Waals surface area (Å²) in [5.74, 6) is 0.0119. The molecule has 0 spiro atoms. The van der Waals surface area contributed by atoms with Crippen molar-refractivity contribution in [3.05, 3.63) is 29.3 Å². The van der Waals surface area contributed by atoms with Gasteiger partial charge >= 0.3 is 0 Å². The second-order valence-electron chi connectivity index (χ2n) is 5.35. The number of hydrogen-bond donors (Lipinski definition) is 2. The molecule has 1 aromatic carbocycles. The molecule has 104 valence electrons. The van der Waals surface area contributed by atoms with Crippen LogP contribution in [0.3, 0.4) is 0 Å². The second kappa shape index (κ2) is 5.87. The van der Waals surface area contributed by atoms with Crippen molar-refractivity contribution in [3.63, 3.8) is 0 Å². The summed E-state index contributed by atoms with van der Waals surface area (Å²) in [6.45, 7) is 2.68. The topological polar surface area (TPSA) is 55.1 Å². The van der Waals surface area contributed by atoms with Crippen LogP contribution < -0.4 is 11.1 Å². The molecule has 0 heterocycles. The van der Waals surface area contributed by atoms with E-state index in [1.165, 1.54) is 25.7 Å². The number of anilines is 1. The number of nitrogen functional groups attached to an aromatic ring is 1. The number of amides is 1. The fourth-order valence-corrected chi connectivity index (χ4v) is 3.66. The van der Waals surface area contributed by atoms with Crippen LogP contribution in [0.25, 0.3) is 0 Å². The molecule has 1 aromatic rings. The Bertz CT molecular complexity index is 467. The zero-order chi connectivity index (χ0) is 13.9. The van der Waals surface area contributed by atoms with Crippen molar-refractivity contribution in [2.45, 2.75) is 37.4 Å². The standard InChI is InChI=1S/C15H22N2OS/c1-11-9-12(16)5-6-13(11)14(18)17-10-15(19-2)7-3-4-8-15/h5-6,9H,3-4,7-8,10,16H2,1-2H3,(H,17,18). The maximum absolute atomic E-state index is 12.2. The number of aryl methyl sites for hydroxylation is 1. The Labute approximate surface area is 119 Å². The largest absolute Gasteiger partial charge is 0.399 e. The summed E-state index contributed by atoms with van der Waals surface area (Å²) < 4.78 is 0.247. The molecular formula is C15H22N2OS. The van der Waals surface area contributed by atoms with Gasteiger partial charge in [0.15, 0.2) is 0 Å². The van der Waals surface area contributed by atoms with Crippen LogP contribution in [0.1, 0.15) is 41.6 Å². The Morgan fingerprint density at radius 1 is 1.42 bits per heavy atom. The molecule has 1 aliphatic carbocycles. The van der Waals surface area contributed by atoms with E-state index in [2.05, 4.69) is 11.6 Å². The normalized spacial score (nSPS) is 17.4. The van der Waals surface area contributed by atoms with Crippen molar-refractivity contribution in [1.29, 1.82) is 0 Å². The fourth-order valence-electron chi connectivity index (χ4n) is 2.75. The molecule has 1 amide bonds. The monoisotopic (exact) mass is 278 g/mol. The van der Waals surface area contributed by atoms with Gasteiger partial charge < -0.3 is 11.1 Å². The van der Waals surface area contributed by atoms with Crippen molar-refractivity contribution in [3.8, 4) is 0 Å². The molecule has 0 unspecified atom stereocenters. The fraction of sp³-hybridized carbons (Fsp3) is 0.533. The third-order valence-corrected chi connectivity index (χ3v) is 5.43. The summed E-state index contributed by atoms with van der Waals surface area (Å²) in [5.41, 5.74) is 8.07. The quantitative estimate of drug-likeness (QED) is 0.833. The van der Waals surface area contributed by atoms with Crippen molar-refractivity contribution >= 4 is 23.4 Å². The van der Waals surface area contributed by atoms with Gasteiger partial charge in [0, 0.05) is 22.5 Å². The van der Waals surface area contributed by atoms with Crippen LogP contribution in [0.5, 0.6) is 0 Å². The Morgan fingerprint density at radius 2 is 2.11 bits per heavy atom. The molecule has 2 rings (SSSR count). The molecule has 19 heavy (non-hydrogen) atoms. The van der Waals surface area contributed by atoms with E-state index in [-0.39, 0.29) is 10.7 Å². The summed E-state index contributed by atoms with van der Waals surface area (Å²) in [6, 6.07) is 5.43. The first-order valence-electron chi connectivity index (χ1n) is 6.76. The molecule has 4 heteroatoms. The number of thioether (sulfide) groups is 1. The highest BCUT2D eigenvalue weighted by Gasteiger charge is 2.33. The minimum atomic E-state index is 0.0119. The molecule has 1 aliphatic rings. The van der Waals surface area contributed by atoms with Crippen LogP contribution in [-0.4, -0.2) is 23.5 Å². The molecule has 3 nitrogen and oxygen atoms in total. The summed E-state index contributed by atoms with van der Waals surface area (Å²) in [4.78, 5) is 12.2. The summed E-state index contributed by atoms with van der Waals surface area (Å²) >= 11 is 1.89. The summed E-state index contributed by atoms with van der Waals surface area (Å²) in [7, 11) is 0. The van der Waals surface area contributed by atoms with E-state index in [9.17, 15) is 4.79 Å². The van der Waals surface area contributed by atoms with Gasteiger partial charge in [-0.3, -0.25) is 4.79 Å². The number of hydrogen-bond acceptors (Lipinski definition) is 3.